The molecule has 0 fully saturated rings. The molecule has 1 N–H and O–H groups in total. The van der Waals surface area contributed by atoms with E-state index in [0.717, 1.165) is 24.5 Å². The Hall–Kier alpha value is -1.71. The minimum absolute atomic E-state index is 0.757. The first-order valence-corrected chi connectivity index (χ1v) is 5.74. The van der Waals surface area contributed by atoms with Gasteiger partial charge in [-0.3, -0.25) is 4.68 Å². The summed E-state index contributed by atoms with van der Waals surface area (Å²) in [6, 6.07) is 5.95. The van der Waals surface area contributed by atoms with Gasteiger partial charge in [-0.15, -0.1) is 16.4 Å². The van der Waals surface area contributed by atoms with E-state index in [4.69, 9.17) is 5.26 Å². The van der Waals surface area contributed by atoms with Gasteiger partial charge in [-0.05, 0) is 12.1 Å². The van der Waals surface area contributed by atoms with Crippen LogP contribution in [0.1, 0.15) is 9.75 Å². The number of thiophene rings is 1. The van der Waals surface area contributed by atoms with Gasteiger partial charge in [0.05, 0.1) is 12.7 Å². The lowest BCUT2D eigenvalue weighted by molar-refractivity contribution is 0.542. The molecule has 0 saturated heterocycles. The predicted octanol–water partition coefficient (Wildman–Crippen LogP) is 1.00. The minimum atomic E-state index is 0.757. The Labute approximate surface area is 97.3 Å². The second-order valence-corrected chi connectivity index (χ2v) is 4.39. The lowest BCUT2D eigenvalue weighted by Crippen LogP contribution is -2.19. The highest BCUT2D eigenvalue weighted by atomic mass is 32.1. The fourth-order valence-corrected chi connectivity index (χ4v) is 2.06. The van der Waals surface area contributed by atoms with Crippen LogP contribution in [-0.4, -0.2) is 21.5 Å². The minimum Gasteiger partial charge on any atom is -0.310 e. The first-order valence-electron chi connectivity index (χ1n) is 4.92. The van der Waals surface area contributed by atoms with Crippen molar-refractivity contribution in [2.45, 2.75) is 13.1 Å². The average Bonchev–Trinajstić information content (AvgIpc) is 2.95. The molecule has 0 saturated carbocycles. The largest absolute Gasteiger partial charge is 0.310 e. The average molecular weight is 233 g/mol. The van der Waals surface area contributed by atoms with Crippen molar-refractivity contribution in [2.75, 3.05) is 6.54 Å². The molecule has 0 atom stereocenters. The highest BCUT2D eigenvalue weighted by Crippen LogP contribution is 2.14. The molecule has 0 aliphatic heterocycles. The van der Waals surface area contributed by atoms with Gasteiger partial charge in [0.25, 0.3) is 0 Å². The molecule has 2 rings (SSSR count). The normalized spacial score (nSPS) is 10.2. The van der Waals surface area contributed by atoms with Crippen molar-refractivity contribution in [3.8, 4) is 6.07 Å². The van der Waals surface area contributed by atoms with Crippen LogP contribution in [0.25, 0.3) is 0 Å². The van der Waals surface area contributed by atoms with E-state index >= 15 is 0 Å². The molecule has 6 heteroatoms. The summed E-state index contributed by atoms with van der Waals surface area (Å²) < 4.78 is 1.78. The Morgan fingerprint density at radius 1 is 1.50 bits per heavy atom. The zero-order chi connectivity index (χ0) is 11.2. The van der Waals surface area contributed by atoms with E-state index < -0.39 is 0 Å². The molecule has 5 nitrogen and oxygen atoms in total. The summed E-state index contributed by atoms with van der Waals surface area (Å²) in [7, 11) is 0. The maximum Gasteiger partial charge on any atom is 0.110 e. The van der Waals surface area contributed by atoms with Gasteiger partial charge >= 0.3 is 0 Å². The summed E-state index contributed by atoms with van der Waals surface area (Å²) in [6.07, 6.45) is 3.50. The third-order valence-electron chi connectivity index (χ3n) is 2.06. The van der Waals surface area contributed by atoms with Crippen molar-refractivity contribution in [3.63, 3.8) is 0 Å². The van der Waals surface area contributed by atoms with Gasteiger partial charge in [0.2, 0.25) is 0 Å². The maximum atomic E-state index is 8.67. The van der Waals surface area contributed by atoms with E-state index in [1.807, 2.05) is 18.3 Å². The number of nitrogens with one attached hydrogen (secondary N) is 1. The van der Waals surface area contributed by atoms with Gasteiger partial charge in [-0.1, -0.05) is 5.21 Å². The summed E-state index contributed by atoms with van der Waals surface area (Å²) >= 11 is 1.52. The van der Waals surface area contributed by atoms with Crippen LogP contribution < -0.4 is 5.32 Å². The summed E-state index contributed by atoms with van der Waals surface area (Å²) in [5.74, 6) is 0. The highest BCUT2D eigenvalue weighted by Gasteiger charge is 1.98. The lowest BCUT2D eigenvalue weighted by atomic mass is 10.4. The van der Waals surface area contributed by atoms with Gasteiger partial charge in [0.1, 0.15) is 10.9 Å². The third kappa shape index (κ3) is 2.89. The Bertz CT molecular complexity index is 468. The molecular weight excluding hydrogens is 222 g/mol. The molecule has 0 aromatic carbocycles. The molecule has 2 aromatic rings. The van der Waals surface area contributed by atoms with Crippen molar-refractivity contribution in [3.05, 3.63) is 34.3 Å². The molecule has 0 aliphatic carbocycles. The van der Waals surface area contributed by atoms with Crippen LogP contribution in [0.4, 0.5) is 0 Å². The zero-order valence-corrected chi connectivity index (χ0v) is 9.44. The Morgan fingerprint density at radius 2 is 2.44 bits per heavy atom. The number of hydrogen-bond donors (Lipinski definition) is 1. The van der Waals surface area contributed by atoms with Crippen molar-refractivity contribution in [1.82, 2.24) is 20.3 Å². The van der Waals surface area contributed by atoms with Crippen LogP contribution in [0.3, 0.4) is 0 Å². The van der Waals surface area contributed by atoms with E-state index in [1.54, 1.807) is 10.9 Å². The number of aromatic nitrogens is 3. The van der Waals surface area contributed by atoms with Crippen LogP contribution in [-0.2, 0) is 13.1 Å². The lowest BCUT2D eigenvalue weighted by Gasteiger charge is -2.02. The monoisotopic (exact) mass is 233 g/mol. The molecule has 2 aromatic heterocycles. The molecule has 0 radical (unpaired) electrons. The number of nitrogens with zero attached hydrogens (tertiary/aromatic N) is 4. The molecule has 2 heterocycles. The van der Waals surface area contributed by atoms with Gasteiger partial charge in [-0.2, -0.15) is 5.26 Å². The quantitative estimate of drug-likeness (QED) is 0.782. The van der Waals surface area contributed by atoms with Gasteiger partial charge < -0.3 is 5.32 Å². The van der Waals surface area contributed by atoms with Crippen molar-refractivity contribution in [2.24, 2.45) is 0 Å². The van der Waals surface area contributed by atoms with Gasteiger partial charge in [0.15, 0.2) is 0 Å². The SMILES string of the molecule is N#Cc1ccc(CNCCn2ccnn2)s1. The van der Waals surface area contributed by atoms with E-state index in [0.29, 0.717) is 0 Å². The maximum absolute atomic E-state index is 8.67. The van der Waals surface area contributed by atoms with Crippen molar-refractivity contribution in [1.29, 1.82) is 5.26 Å². The van der Waals surface area contributed by atoms with E-state index in [-0.39, 0.29) is 0 Å². The highest BCUT2D eigenvalue weighted by molar-refractivity contribution is 7.12. The number of rotatable bonds is 5. The molecule has 0 unspecified atom stereocenters. The summed E-state index contributed by atoms with van der Waals surface area (Å²) in [5.41, 5.74) is 0. The zero-order valence-electron chi connectivity index (χ0n) is 8.63. The Balaban J connectivity index is 1.70. The Morgan fingerprint density at radius 3 is 3.12 bits per heavy atom. The van der Waals surface area contributed by atoms with Crippen LogP contribution >= 0.6 is 11.3 Å². The van der Waals surface area contributed by atoms with Gasteiger partial charge in [-0.25, -0.2) is 0 Å². The van der Waals surface area contributed by atoms with Crippen LogP contribution in [0.15, 0.2) is 24.5 Å². The van der Waals surface area contributed by atoms with Crippen LogP contribution in [0, 0.1) is 11.3 Å². The Kier molecular flexibility index (Phi) is 3.64. The fraction of sp³-hybridized carbons (Fsp3) is 0.300. The molecule has 0 bridgehead atoms. The third-order valence-corrected chi connectivity index (χ3v) is 3.05. The summed E-state index contributed by atoms with van der Waals surface area (Å²) in [5, 5.41) is 19.5. The van der Waals surface area contributed by atoms with E-state index in [1.165, 1.54) is 16.2 Å². The van der Waals surface area contributed by atoms with Crippen molar-refractivity contribution < 1.29 is 0 Å². The molecule has 16 heavy (non-hydrogen) atoms. The van der Waals surface area contributed by atoms with Crippen molar-refractivity contribution >= 4 is 11.3 Å². The van der Waals surface area contributed by atoms with E-state index in [2.05, 4.69) is 21.7 Å². The molecular formula is C10H11N5S. The summed E-state index contributed by atoms with van der Waals surface area (Å²) in [4.78, 5) is 1.93. The second-order valence-electron chi connectivity index (χ2n) is 3.22. The first kappa shape index (κ1) is 10.8. The molecule has 0 spiro atoms. The second kappa shape index (κ2) is 5.39. The van der Waals surface area contributed by atoms with Crippen LogP contribution in [0.5, 0.6) is 0 Å². The predicted molar refractivity (Wildman–Crippen MR) is 60.8 cm³/mol. The first-order chi connectivity index (χ1) is 7.88. The molecule has 0 amide bonds. The summed E-state index contributed by atoms with van der Waals surface area (Å²) in [6.45, 7) is 2.43. The number of hydrogen-bond acceptors (Lipinski definition) is 5. The smallest absolute Gasteiger partial charge is 0.110 e. The van der Waals surface area contributed by atoms with Gasteiger partial charge in [0, 0.05) is 24.2 Å². The molecule has 82 valence electrons. The molecule has 0 aliphatic rings. The topological polar surface area (TPSA) is 66.5 Å². The van der Waals surface area contributed by atoms with E-state index in [9.17, 15) is 0 Å². The fourth-order valence-electron chi connectivity index (χ4n) is 1.29. The number of nitriles is 1. The standard InChI is InChI=1S/C10H11N5S/c11-7-9-1-2-10(16-9)8-12-3-5-15-6-4-13-14-15/h1-2,4,6,12H,3,5,8H2. The van der Waals surface area contributed by atoms with Crippen LogP contribution in [0.2, 0.25) is 0 Å².